The van der Waals surface area contributed by atoms with E-state index < -0.39 is 0 Å². The minimum atomic E-state index is 0.109. The van der Waals surface area contributed by atoms with Crippen LogP contribution in [0.25, 0.3) is 0 Å². The van der Waals surface area contributed by atoms with Crippen LogP contribution in [0.15, 0.2) is 0 Å². The maximum absolute atomic E-state index is 11.6. The van der Waals surface area contributed by atoms with Crippen molar-refractivity contribution in [2.45, 2.75) is 38.9 Å². The number of amides is 2. The predicted octanol–water partition coefficient (Wildman–Crippen LogP) is 1.56. The molecule has 2 amide bonds. The summed E-state index contributed by atoms with van der Waals surface area (Å²) in [6.45, 7) is 5.73. The Bertz CT molecular complexity index is 209. The zero-order chi connectivity index (χ0) is 11.4. The molecule has 0 N–H and O–H groups in total. The van der Waals surface area contributed by atoms with E-state index in [1.165, 1.54) is 0 Å². The van der Waals surface area contributed by atoms with Crippen LogP contribution in [0.5, 0.6) is 0 Å². The molecule has 0 aromatic carbocycles. The average Bonchev–Trinajstić information content (AvgIpc) is 2.17. The van der Waals surface area contributed by atoms with Crippen LogP contribution in [0.3, 0.4) is 0 Å². The van der Waals surface area contributed by atoms with Crippen molar-refractivity contribution >= 4 is 6.03 Å². The first-order valence-corrected chi connectivity index (χ1v) is 5.62. The van der Waals surface area contributed by atoms with E-state index in [0.717, 1.165) is 25.9 Å². The van der Waals surface area contributed by atoms with Gasteiger partial charge in [-0.2, -0.15) is 0 Å². The number of carbonyl (C=O) groups is 1. The third-order valence-corrected chi connectivity index (χ3v) is 2.56. The van der Waals surface area contributed by atoms with Gasteiger partial charge in [0.15, 0.2) is 0 Å². The van der Waals surface area contributed by atoms with E-state index in [2.05, 4.69) is 13.8 Å². The monoisotopic (exact) mass is 214 g/mol. The molecule has 0 spiro atoms. The van der Waals surface area contributed by atoms with Crippen LogP contribution < -0.4 is 0 Å². The molecule has 1 aliphatic rings. The normalized spacial score (nSPS) is 18.3. The molecule has 0 bridgehead atoms. The third-order valence-electron chi connectivity index (χ3n) is 2.56. The molecule has 4 heteroatoms. The highest BCUT2D eigenvalue weighted by Gasteiger charge is 2.24. The van der Waals surface area contributed by atoms with E-state index in [-0.39, 0.29) is 12.1 Å². The van der Waals surface area contributed by atoms with Gasteiger partial charge in [-0.05, 0) is 26.7 Å². The van der Waals surface area contributed by atoms with Gasteiger partial charge in [0.05, 0.1) is 12.2 Å². The van der Waals surface area contributed by atoms with E-state index >= 15 is 0 Å². The molecular weight excluding hydrogens is 192 g/mol. The summed E-state index contributed by atoms with van der Waals surface area (Å²) in [5.74, 6) is 0. The Morgan fingerprint density at radius 3 is 2.27 bits per heavy atom. The van der Waals surface area contributed by atoms with Crippen LogP contribution in [-0.2, 0) is 4.74 Å². The van der Waals surface area contributed by atoms with E-state index in [1.54, 1.807) is 19.0 Å². The second-order valence-corrected chi connectivity index (χ2v) is 4.55. The van der Waals surface area contributed by atoms with Crippen molar-refractivity contribution in [2.24, 2.45) is 0 Å². The van der Waals surface area contributed by atoms with Gasteiger partial charge in [-0.25, -0.2) is 4.79 Å². The second kappa shape index (κ2) is 5.35. The van der Waals surface area contributed by atoms with Gasteiger partial charge in [0, 0.05) is 27.2 Å². The number of nitrogens with zero attached hydrogens (tertiary/aromatic N) is 2. The molecule has 1 saturated heterocycles. The number of piperidine rings is 1. The fourth-order valence-corrected chi connectivity index (χ4v) is 1.85. The van der Waals surface area contributed by atoms with Crippen LogP contribution in [0.2, 0.25) is 0 Å². The lowest BCUT2D eigenvalue weighted by molar-refractivity contribution is -0.0222. The zero-order valence-corrected chi connectivity index (χ0v) is 10.2. The van der Waals surface area contributed by atoms with Gasteiger partial charge in [0.2, 0.25) is 0 Å². The fraction of sp³-hybridized carbons (Fsp3) is 0.909. The Morgan fingerprint density at radius 1 is 1.33 bits per heavy atom. The predicted molar refractivity (Wildman–Crippen MR) is 59.9 cm³/mol. The molecular formula is C11H22N2O2. The molecule has 15 heavy (non-hydrogen) atoms. The summed E-state index contributed by atoms with van der Waals surface area (Å²) < 4.78 is 5.73. The van der Waals surface area contributed by atoms with Gasteiger partial charge < -0.3 is 14.5 Å². The highest BCUT2D eigenvalue weighted by molar-refractivity contribution is 5.73. The van der Waals surface area contributed by atoms with Gasteiger partial charge in [-0.15, -0.1) is 0 Å². The molecule has 1 rings (SSSR count). The van der Waals surface area contributed by atoms with Crippen molar-refractivity contribution in [3.63, 3.8) is 0 Å². The number of ether oxygens (including phenoxy) is 1. The summed E-state index contributed by atoms with van der Waals surface area (Å²) in [4.78, 5) is 15.2. The van der Waals surface area contributed by atoms with Crippen molar-refractivity contribution in [2.75, 3.05) is 27.2 Å². The van der Waals surface area contributed by atoms with Gasteiger partial charge >= 0.3 is 6.03 Å². The summed E-state index contributed by atoms with van der Waals surface area (Å²) in [5.41, 5.74) is 0. The topological polar surface area (TPSA) is 32.8 Å². The third kappa shape index (κ3) is 3.70. The summed E-state index contributed by atoms with van der Waals surface area (Å²) in [5, 5.41) is 0. The lowest BCUT2D eigenvalue weighted by Gasteiger charge is -2.34. The van der Waals surface area contributed by atoms with E-state index in [4.69, 9.17) is 4.74 Å². The molecule has 1 aliphatic heterocycles. The van der Waals surface area contributed by atoms with Gasteiger partial charge in [0.25, 0.3) is 0 Å². The number of urea groups is 1. The summed E-state index contributed by atoms with van der Waals surface area (Å²) in [6, 6.07) is 0.109. The average molecular weight is 214 g/mol. The molecule has 1 fully saturated rings. The van der Waals surface area contributed by atoms with Gasteiger partial charge in [-0.1, -0.05) is 0 Å². The van der Waals surface area contributed by atoms with Crippen molar-refractivity contribution in [3.8, 4) is 0 Å². The standard InChI is InChI=1S/C11H22N2O2/c1-9(2)15-10-5-7-13(8-6-10)11(14)12(3)4/h9-10H,5-8H2,1-4H3. The number of hydrogen-bond acceptors (Lipinski definition) is 2. The number of likely N-dealkylation sites (tertiary alicyclic amines) is 1. The molecule has 4 nitrogen and oxygen atoms in total. The largest absolute Gasteiger partial charge is 0.375 e. The highest BCUT2D eigenvalue weighted by Crippen LogP contribution is 2.15. The van der Waals surface area contributed by atoms with Gasteiger partial charge in [-0.3, -0.25) is 0 Å². The Hall–Kier alpha value is -0.770. The van der Waals surface area contributed by atoms with Crippen molar-refractivity contribution < 1.29 is 9.53 Å². The lowest BCUT2D eigenvalue weighted by atomic mass is 10.1. The number of rotatable bonds is 2. The minimum Gasteiger partial charge on any atom is -0.375 e. The smallest absolute Gasteiger partial charge is 0.319 e. The summed E-state index contributed by atoms with van der Waals surface area (Å²) in [6.07, 6.45) is 2.53. The fourth-order valence-electron chi connectivity index (χ4n) is 1.85. The molecule has 1 heterocycles. The van der Waals surface area contributed by atoms with Crippen LogP contribution >= 0.6 is 0 Å². The molecule has 0 aromatic rings. The first-order chi connectivity index (χ1) is 7.00. The maximum atomic E-state index is 11.6. The number of carbonyl (C=O) groups excluding carboxylic acids is 1. The molecule has 0 aromatic heterocycles. The molecule has 88 valence electrons. The Kier molecular flexibility index (Phi) is 4.39. The minimum absolute atomic E-state index is 0.109. The number of hydrogen-bond donors (Lipinski definition) is 0. The van der Waals surface area contributed by atoms with Crippen molar-refractivity contribution in [1.82, 2.24) is 9.80 Å². The Morgan fingerprint density at radius 2 is 1.87 bits per heavy atom. The molecule has 0 unspecified atom stereocenters. The Balaban J connectivity index is 2.32. The molecule has 0 atom stereocenters. The first kappa shape index (κ1) is 12.3. The van der Waals surface area contributed by atoms with Crippen LogP contribution in [-0.4, -0.2) is 55.2 Å². The van der Waals surface area contributed by atoms with Gasteiger partial charge in [0.1, 0.15) is 0 Å². The lowest BCUT2D eigenvalue weighted by Crippen LogP contribution is -2.45. The summed E-state index contributed by atoms with van der Waals surface area (Å²) in [7, 11) is 3.58. The summed E-state index contributed by atoms with van der Waals surface area (Å²) >= 11 is 0. The van der Waals surface area contributed by atoms with Crippen LogP contribution in [0.4, 0.5) is 4.79 Å². The van der Waals surface area contributed by atoms with E-state index in [0.29, 0.717) is 6.10 Å². The molecule has 0 saturated carbocycles. The van der Waals surface area contributed by atoms with Crippen molar-refractivity contribution in [3.05, 3.63) is 0 Å². The molecule has 0 radical (unpaired) electrons. The van der Waals surface area contributed by atoms with E-state index in [9.17, 15) is 4.79 Å². The van der Waals surface area contributed by atoms with E-state index in [1.807, 2.05) is 4.90 Å². The van der Waals surface area contributed by atoms with Crippen LogP contribution in [0.1, 0.15) is 26.7 Å². The quantitative estimate of drug-likeness (QED) is 0.699. The van der Waals surface area contributed by atoms with Crippen molar-refractivity contribution in [1.29, 1.82) is 0 Å². The second-order valence-electron chi connectivity index (χ2n) is 4.55. The van der Waals surface area contributed by atoms with Crippen LogP contribution in [0, 0.1) is 0 Å². The first-order valence-electron chi connectivity index (χ1n) is 5.62. The maximum Gasteiger partial charge on any atom is 0.319 e. The molecule has 0 aliphatic carbocycles. The SMILES string of the molecule is CC(C)OC1CCN(C(=O)N(C)C)CC1. The Labute approximate surface area is 92.2 Å². The zero-order valence-electron chi connectivity index (χ0n) is 10.2. The highest BCUT2D eigenvalue weighted by atomic mass is 16.5.